The topological polar surface area (TPSA) is 128 Å². The second kappa shape index (κ2) is 9.12. The number of aromatic nitrogens is 6. The van der Waals surface area contributed by atoms with Gasteiger partial charge in [-0.25, -0.2) is 23.3 Å². The van der Waals surface area contributed by atoms with Gasteiger partial charge in [0.2, 0.25) is 0 Å². The van der Waals surface area contributed by atoms with E-state index in [4.69, 9.17) is 4.52 Å². The molecule has 0 radical (unpaired) electrons. The van der Waals surface area contributed by atoms with Crippen LogP contribution in [0.2, 0.25) is 0 Å². The predicted molar refractivity (Wildman–Crippen MR) is 108 cm³/mol. The lowest BCUT2D eigenvalue weighted by Crippen LogP contribution is -2.55. The lowest BCUT2D eigenvalue weighted by atomic mass is 9.74. The normalized spacial score (nSPS) is 14.0. The largest absolute Gasteiger partial charge is 0.470 e. The highest BCUT2D eigenvalue weighted by Gasteiger charge is 2.49. The Balaban J connectivity index is 2.28. The van der Waals surface area contributed by atoms with Crippen LogP contribution in [0.3, 0.4) is 0 Å². The van der Waals surface area contributed by atoms with E-state index in [-0.39, 0.29) is 29.7 Å². The minimum Gasteiger partial charge on any atom is -0.329 e. The third kappa shape index (κ3) is 6.02. The zero-order chi connectivity index (χ0) is 23.6. The van der Waals surface area contributed by atoms with Crippen LogP contribution in [0.25, 0.3) is 0 Å². The Morgan fingerprint density at radius 2 is 1.66 bits per heavy atom. The van der Waals surface area contributed by atoms with E-state index >= 15 is 4.39 Å². The fourth-order valence-corrected chi connectivity index (χ4v) is 4.27. The summed E-state index contributed by atoms with van der Waals surface area (Å²) in [5.74, 6) is -1.69. The summed E-state index contributed by atoms with van der Waals surface area (Å²) in [5, 5.41) is 8.17. The van der Waals surface area contributed by atoms with Gasteiger partial charge in [-0.1, -0.05) is 6.07 Å². The molecule has 2 aromatic heterocycles. The Labute approximate surface area is 183 Å². The van der Waals surface area contributed by atoms with Gasteiger partial charge >= 0.3 is 7.82 Å². The molecule has 0 saturated carbocycles. The molecule has 0 bridgehead atoms. The van der Waals surface area contributed by atoms with Crippen LogP contribution in [0.1, 0.15) is 5.56 Å². The van der Waals surface area contributed by atoms with Crippen LogP contribution >= 0.6 is 7.82 Å². The Morgan fingerprint density at radius 3 is 2.06 bits per heavy atom. The zero-order valence-electron chi connectivity index (χ0n) is 17.8. The second-order valence-corrected chi connectivity index (χ2v) is 9.72. The van der Waals surface area contributed by atoms with Crippen LogP contribution in [0.15, 0.2) is 43.5 Å². The van der Waals surface area contributed by atoms with E-state index in [2.05, 4.69) is 20.2 Å². The van der Waals surface area contributed by atoms with Crippen LogP contribution in [0.4, 0.5) is 8.78 Å². The number of hydrogen-bond acceptors (Lipinski definition) is 6. The Morgan fingerprint density at radius 1 is 1.09 bits per heavy atom. The summed E-state index contributed by atoms with van der Waals surface area (Å²) in [6, 6.07) is 3.04. The summed E-state index contributed by atoms with van der Waals surface area (Å²) < 4.78 is 49.3. The van der Waals surface area contributed by atoms with Crippen molar-refractivity contribution in [2.45, 2.75) is 24.6 Å². The fraction of sp³-hybridized carbons (Fsp3) is 0.444. The van der Waals surface area contributed by atoms with E-state index in [0.29, 0.717) is 6.07 Å². The molecule has 0 amide bonds. The molecule has 2 heterocycles. The minimum absolute atomic E-state index is 0.0169. The number of halogens is 2. The number of rotatable bonds is 10. The summed E-state index contributed by atoms with van der Waals surface area (Å²) in [6.07, 6.45) is 4.08. The third-order valence-corrected chi connectivity index (χ3v) is 5.41. The quantitative estimate of drug-likeness (QED) is 0.330. The van der Waals surface area contributed by atoms with Gasteiger partial charge in [-0.2, -0.15) is 10.2 Å². The van der Waals surface area contributed by atoms with Gasteiger partial charge in [-0.15, -0.1) is 0 Å². The number of benzene rings is 1. The number of quaternary nitrogens is 1. The minimum atomic E-state index is -5.03. The van der Waals surface area contributed by atoms with Crippen molar-refractivity contribution in [3.63, 3.8) is 0 Å². The molecule has 174 valence electrons. The molecule has 1 aromatic carbocycles. The number of hydrogen-bond donors (Lipinski definition) is 2. The summed E-state index contributed by atoms with van der Waals surface area (Å²) >= 11 is 0. The first-order valence-corrected chi connectivity index (χ1v) is 11.1. The molecule has 0 fully saturated rings. The van der Waals surface area contributed by atoms with Crippen molar-refractivity contribution in [2.24, 2.45) is 0 Å². The smallest absolute Gasteiger partial charge is 0.329 e. The van der Waals surface area contributed by atoms with Gasteiger partial charge in [0.1, 0.15) is 49.6 Å². The van der Waals surface area contributed by atoms with E-state index in [1.165, 1.54) is 40.7 Å². The average molecular weight is 472 g/mol. The van der Waals surface area contributed by atoms with Crippen molar-refractivity contribution in [3.8, 4) is 0 Å². The maximum atomic E-state index is 15.2. The molecule has 3 aromatic rings. The van der Waals surface area contributed by atoms with Crippen molar-refractivity contribution < 1.29 is 32.1 Å². The first-order valence-electron chi connectivity index (χ1n) is 9.53. The molecule has 0 spiro atoms. The summed E-state index contributed by atoms with van der Waals surface area (Å²) in [5.41, 5.74) is -1.51. The molecule has 14 heteroatoms. The number of phosphoric acid groups is 1. The van der Waals surface area contributed by atoms with Crippen molar-refractivity contribution in [3.05, 3.63) is 60.7 Å². The van der Waals surface area contributed by atoms with E-state index in [0.717, 1.165) is 6.07 Å². The summed E-state index contributed by atoms with van der Waals surface area (Å²) in [4.78, 5) is 27.3. The molecule has 0 aliphatic heterocycles. The van der Waals surface area contributed by atoms with Gasteiger partial charge < -0.3 is 14.3 Å². The highest BCUT2D eigenvalue weighted by Crippen LogP contribution is 2.45. The van der Waals surface area contributed by atoms with E-state index in [1.807, 2.05) is 0 Å². The fourth-order valence-electron chi connectivity index (χ4n) is 3.67. The molecule has 0 aliphatic carbocycles. The van der Waals surface area contributed by atoms with Crippen LogP contribution in [-0.2, 0) is 27.6 Å². The Bertz CT molecular complexity index is 1030. The molecule has 2 N–H and O–H groups in total. The lowest BCUT2D eigenvalue weighted by molar-refractivity contribution is -0.874. The molecule has 0 aliphatic rings. The molecule has 1 atom stereocenters. The first kappa shape index (κ1) is 24.1. The SMILES string of the molecule is C[N+](C)(C)CC(OP(=O)(O)O)C(Cn1cncn1)(Cn1cncn1)c1ccc(F)cc1F. The van der Waals surface area contributed by atoms with Gasteiger partial charge in [0.25, 0.3) is 0 Å². The molecule has 0 saturated heterocycles. The summed E-state index contributed by atoms with van der Waals surface area (Å²) in [6.45, 7) is -0.133. The molecular weight excluding hydrogens is 447 g/mol. The Hall–Kier alpha value is -2.57. The predicted octanol–water partition coefficient (Wildman–Crippen LogP) is 0.970. The zero-order valence-corrected chi connectivity index (χ0v) is 18.7. The highest BCUT2D eigenvalue weighted by atomic mass is 31.2. The summed E-state index contributed by atoms with van der Waals surface area (Å²) in [7, 11) is 0.369. The van der Waals surface area contributed by atoms with Gasteiger partial charge in [0.15, 0.2) is 0 Å². The lowest BCUT2D eigenvalue weighted by Gasteiger charge is -2.42. The molecular formula is C18H25F2N7O4P+. The second-order valence-electron chi connectivity index (χ2n) is 8.52. The van der Waals surface area contributed by atoms with E-state index in [9.17, 15) is 18.7 Å². The Kier molecular flexibility index (Phi) is 6.86. The maximum Gasteiger partial charge on any atom is 0.470 e. The number of likely N-dealkylation sites (N-methyl/N-ethyl adjacent to an activating group) is 1. The van der Waals surface area contributed by atoms with Crippen molar-refractivity contribution in [1.29, 1.82) is 0 Å². The monoisotopic (exact) mass is 472 g/mol. The number of phosphoric ester groups is 1. The van der Waals surface area contributed by atoms with Crippen LogP contribution < -0.4 is 0 Å². The van der Waals surface area contributed by atoms with Crippen molar-refractivity contribution in [1.82, 2.24) is 29.5 Å². The van der Waals surface area contributed by atoms with Gasteiger partial charge in [-0.05, 0) is 6.07 Å². The van der Waals surface area contributed by atoms with E-state index in [1.54, 1.807) is 21.1 Å². The molecule has 11 nitrogen and oxygen atoms in total. The van der Waals surface area contributed by atoms with E-state index < -0.39 is 31.0 Å². The number of nitrogens with zero attached hydrogens (tertiary/aromatic N) is 7. The van der Waals surface area contributed by atoms with Crippen LogP contribution in [0.5, 0.6) is 0 Å². The van der Waals surface area contributed by atoms with Gasteiger partial charge in [-0.3, -0.25) is 13.9 Å². The first-order chi connectivity index (χ1) is 14.9. The third-order valence-electron chi connectivity index (χ3n) is 4.88. The standard InChI is InChI=1S/C18H24F2N7O4P/c1-27(2,3)7-17(31-32(28,29)30)18(8-25-12-21-10-23-25,9-26-13-22-11-24-26)15-5-4-14(19)6-16(15)20/h4-6,10-13,17H,7-9H2,1-3H3,(H-,28,29,30)/p+1. The van der Waals surface area contributed by atoms with Crippen molar-refractivity contribution >= 4 is 7.82 Å². The highest BCUT2D eigenvalue weighted by molar-refractivity contribution is 7.46. The van der Waals surface area contributed by atoms with Gasteiger partial charge in [0, 0.05) is 11.6 Å². The molecule has 32 heavy (non-hydrogen) atoms. The maximum absolute atomic E-state index is 15.2. The van der Waals surface area contributed by atoms with Crippen LogP contribution in [0, 0.1) is 11.6 Å². The average Bonchev–Trinajstić information content (AvgIpc) is 3.32. The molecule has 3 rings (SSSR count). The van der Waals surface area contributed by atoms with Crippen molar-refractivity contribution in [2.75, 3.05) is 27.7 Å². The van der Waals surface area contributed by atoms with Gasteiger partial charge in [0.05, 0.1) is 39.6 Å². The van der Waals surface area contributed by atoms with Crippen LogP contribution in [-0.4, -0.2) is 77.6 Å². The molecule has 1 unspecified atom stereocenters.